The van der Waals surface area contributed by atoms with Crippen molar-refractivity contribution in [2.75, 3.05) is 0 Å². The van der Waals surface area contributed by atoms with E-state index in [1.54, 1.807) is 30.6 Å². The predicted molar refractivity (Wildman–Crippen MR) is 142 cm³/mol. The van der Waals surface area contributed by atoms with E-state index in [1.807, 2.05) is 25.1 Å². The number of nitrogens with one attached hydrogen (secondary N) is 3. The fraction of sp³-hybridized carbons (Fsp3) is 0.286. The third-order valence-electron chi connectivity index (χ3n) is 6.37. The third-order valence-corrected chi connectivity index (χ3v) is 6.37. The van der Waals surface area contributed by atoms with E-state index in [4.69, 9.17) is 4.99 Å². The Labute approximate surface area is 218 Å². The molecule has 10 heteroatoms. The maximum absolute atomic E-state index is 13.2. The summed E-state index contributed by atoms with van der Waals surface area (Å²) in [7, 11) is 0. The quantitative estimate of drug-likeness (QED) is 0.359. The number of nitrogens with zero attached hydrogens (tertiary/aromatic N) is 4. The van der Waals surface area contributed by atoms with Gasteiger partial charge in [-0.2, -0.15) is 23.3 Å². The van der Waals surface area contributed by atoms with Gasteiger partial charge in [-0.1, -0.05) is 24.3 Å². The number of aliphatic imine (C=N–C) groups is 2. The average Bonchev–Trinajstić information content (AvgIpc) is 3.65. The smallest absolute Gasteiger partial charge is 0.326 e. The van der Waals surface area contributed by atoms with Crippen LogP contribution in [0.2, 0.25) is 0 Å². The zero-order chi connectivity index (χ0) is 26.5. The van der Waals surface area contributed by atoms with Crippen LogP contribution in [0.1, 0.15) is 60.9 Å². The maximum Gasteiger partial charge on any atom is 0.416 e. The van der Waals surface area contributed by atoms with Crippen LogP contribution in [0.5, 0.6) is 0 Å². The number of H-pyrrole nitrogens is 1. The van der Waals surface area contributed by atoms with E-state index >= 15 is 0 Å². The molecule has 3 N–H and O–H groups in total. The molecule has 7 nitrogen and oxygen atoms in total. The van der Waals surface area contributed by atoms with Gasteiger partial charge in [-0.3, -0.25) is 15.1 Å². The van der Waals surface area contributed by atoms with E-state index in [2.05, 4.69) is 30.8 Å². The number of guanidine groups is 1. The molecule has 5 rings (SSSR count). The molecule has 1 aromatic carbocycles. The molecule has 0 radical (unpaired) electrons. The van der Waals surface area contributed by atoms with Crippen LogP contribution < -0.4 is 10.6 Å². The van der Waals surface area contributed by atoms with E-state index in [0.717, 1.165) is 53.3 Å². The number of pyridine rings is 1. The normalized spacial score (nSPS) is 18.9. The van der Waals surface area contributed by atoms with Crippen LogP contribution >= 0.6 is 0 Å². The lowest BCUT2D eigenvalue weighted by Gasteiger charge is -2.20. The Morgan fingerprint density at radius 1 is 1.05 bits per heavy atom. The van der Waals surface area contributed by atoms with Gasteiger partial charge in [-0.15, -0.1) is 0 Å². The van der Waals surface area contributed by atoms with Crippen molar-refractivity contribution < 1.29 is 13.2 Å². The fourth-order valence-corrected chi connectivity index (χ4v) is 4.04. The lowest BCUT2D eigenvalue weighted by Crippen LogP contribution is -2.42. The molecule has 1 saturated carbocycles. The van der Waals surface area contributed by atoms with E-state index in [1.165, 1.54) is 6.07 Å². The largest absolute Gasteiger partial charge is 0.416 e. The van der Waals surface area contributed by atoms with Crippen molar-refractivity contribution in [1.29, 1.82) is 0 Å². The number of allylic oxidation sites excluding steroid dienone is 2. The molecule has 0 bridgehead atoms. The highest BCUT2D eigenvalue weighted by Crippen LogP contribution is 2.39. The molecule has 3 aromatic rings. The van der Waals surface area contributed by atoms with Gasteiger partial charge >= 0.3 is 6.18 Å². The first kappa shape index (κ1) is 25.4. The Morgan fingerprint density at radius 2 is 1.92 bits per heavy atom. The summed E-state index contributed by atoms with van der Waals surface area (Å²) in [5, 5.41) is 14.0. The van der Waals surface area contributed by atoms with Crippen LogP contribution in [0.15, 0.2) is 82.2 Å². The molecule has 38 heavy (non-hydrogen) atoms. The molecular weight excluding hydrogens is 491 g/mol. The van der Waals surface area contributed by atoms with Gasteiger partial charge in [0.25, 0.3) is 0 Å². The molecule has 3 heterocycles. The summed E-state index contributed by atoms with van der Waals surface area (Å²) in [5.41, 5.74) is 3.61. The van der Waals surface area contributed by atoms with Crippen molar-refractivity contribution in [2.45, 2.75) is 51.2 Å². The van der Waals surface area contributed by atoms with Gasteiger partial charge < -0.3 is 10.6 Å². The molecule has 2 aromatic heterocycles. The van der Waals surface area contributed by atoms with Crippen LogP contribution in [0.4, 0.5) is 19.0 Å². The Bertz CT molecular complexity index is 1400. The summed E-state index contributed by atoms with van der Waals surface area (Å²) in [5.74, 6) is 2.25. The maximum atomic E-state index is 13.2. The molecule has 0 saturated heterocycles. The molecule has 1 fully saturated rings. The first-order valence-corrected chi connectivity index (χ1v) is 12.5. The van der Waals surface area contributed by atoms with Crippen molar-refractivity contribution in [3.8, 4) is 0 Å². The van der Waals surface area contributed by atoms with E-state index in [0.29, 0.717) is 42.6 Å². The minimum Gasteiger partial charge on any atom is -0.326 e. The topological polar surface area (TPSA) is 90.3 Å². The van der Waals surface area contributed by atoms with Crippen molar-refractivity contribution >= 4 is 23.7 Å². The third kappa shape index (κ3) is 6.76. The van der Waals surface area contributed by atoms with E-state index < -0.39 is 11.7 Å². The van der Waals surface area contributed by atoms with Crippen LogP contribution in [0.3, 0.4) is 0 Å². The minimum absolute atomic E-state index is 0.437. The summed E-state index contributed by atoms with van der Waals surface area (Å²) in [6.07, 6.45) is 6.19. The van der Waals surface area contributed by atoms with Gasteiger partial charge in [0, 0.05) is 42.2 Å². The number of alkyl halides is 3. The monoisotopic (exact) mass is 519 g/mol. The second kappa shape index (κ2) is 11.0. The number of rotatable bonds is 6. The molecule has 0 atom stereocenters. The number of hydrogen-bond acceptors (Lipinski definition) is 4. The predicted octanol–water partition coefficient (Wildman–Crippen LogP) is 6.25. The van der Waals surface area contributed by atoms with Crippen molar-refractivity contribution in [1.82, 2.24) is 25.8 Å². The van der Waals surface area contributed by atoms with Gasteiger partial charge in [0.1, 0.15) is 5.84 Å². The van der Waals surface area contributed by atoms with E-state index in [-0.39, 0.29) is 0 Å². The number of amidine groups is 1. The first-order chi connectivity index (χ1) is 18.3. The summed E-state index contributed by atoms with van der Waals surface area (Å²) >= 11 is 0. The van der Waals surface area contributed by atoms with Gasteiger partial charge in [-0.25, -0.2) is 0 Å². The second-order valence-electron chi connectivity index (χ2n) is 9.44. The van der Waals surface area contributed by atoms with Crippen LogP contribution in [-0.2, 0) is 12.7 Å². The number of halogens is 3. The standard InChI is InChI=1S/C28H28F3N7/c1-18-7-12-25(33-17-20-5-3-13-32-16-20)35-27(36-26-15-24(37-38-26)21-9-10-21)34-23(18)11-8-19-4-2-6-22(14-19)28(29,30)31/h2-6,8,11,13-16,21H,7,9-10,12,17H2,1H3,(H3,33,34,35,36,37,38)/b11-8+,23-18?. The zero-order valence-electron chi connectivity index (χ0n) is 20.9. The SMILES string of the molecule is CC1=C(/C=C/c2cccc(C(F)(F)F)c2)NC(=Nc2cc(C3CC3)[nH]n2)NC(=NCc2cccnc2)CC1. The van der Waals surface area contributed by atoms with Gasteiger partial charge in [0.15, 0.2) is 5.82 Å². The Hall–Kier alpha value is -4.21. The Balaban J connectivity index is 1.42. The summed E-state index contributed by atoms with van der Waals surface area (Å²) in [6.45, 7) is 2.46. The number of aromatic amines is 1. The van der Waals surface area contributed by atoms with Crippen LogP contribution in [0, 0.1) is 0 Å². The van der Waals surface area contributed by atoms with E-state index in [9.17, 15) is 13.2 Å². The van der Waals surface area contributed by atoms with Gasteiger partial charge in [-0.05, 0) is 67.2 Å². The number of benzene rings is 1. The lowest BCUT2D eigenvalue weighted by molar-refractivity contribution is -0.137. The highest BCUT2D eigenvalue weighted by Gasteiger charge is 2.30. The molecule has 0 spiro atoms. The molecule has 0 unspecified atom stereocenters. The minimum atomic E-state index is -4.39. The van der Waals surface area contributed by atoms with Crippen LogP contribution in [-0.4, -0.2) is 27.0 Å². The van der Waals surface area contributed by atoms with Gasteiger partial charge in [0.05, 0.1) is 12.1 Å². The fourth-order valence-electron chi connectivity index (χ4n) is 4.04. The van der Waals surface area contributed by atoms with Crippen molar-refractivity contribution in [2.24, 2.45) is 9.98 Å². The highest BCUT2D eigenvalue weighted by molar-refractivity contribution is 6.01. The average molecular weight is 520 g/mol. The zero-order valence-corrected chi connectivity index (χ0v) is 20.9. The molecule has 1 aliphatic carbocycles. The number of aromatic nitrogens is 3. The summed E-state index contributed by atoms with van der Waals surface area (Å²) in [4.78, 5) is 13.6. The van der Waals surface area contributed by atoms with Crippen molar-refractivity contribution in [3.63, 3.8) is 0 Å². The Morgan fingerprint density at radius 3 is 2.68 bits per heavy atom. The molecule has 0 amide bonds. The van der Waals surface area contributed by atoms with Crippen molar-refractivity contribution in [3.05, 3.63) is 94.6 Å². The molecule has 1 aliphatic heterocycles. The molecule has 2 aliphatic rings. The lowest BCUT2D eigenvalue weighted by atomic mass is 10.1. The summed E-state index contributed by atoms with van der Waals surface area (Å²) < 4.78 is 39.5. The summed E-state index contributed by atoms with van der Waals surface area (Å²) in [6, 6.07) is 11.0. The van der Waals surface area contributed by atoms with Crippen LogP contribution in [0.25, 0.3) is 6.08 Å². The second-order valence-corrected chi connectivity index (χ2v) is 9.44. The highest BCUT2D eigenvalue weighted by atomic mass is 19.4. The first-order valence-electron chi connectivity index (χ1n) is 12.5. The molecular formula is C28H28F3N7. The molecule has 196 valence electrons. The Kier molecular flexibility index (Phi) is 7.39. The van der Waals surface area contributed by atoms with Gasteiger partial charge in [0.2, 0.25) is 5.96 Å². The number of hydrogen-bond donors (Lipinski definition) is 3.